The highest BCUT2D eigenvalue weighted by atomic mass is 16.6. The van der Waals surface area contributed by atoms with Crippen LogP contribution in [0.25, 0.3) is 0 Å². The standard InChI is InChI=1S/C32H37N3O8/c1-20(7-4-11-28(38)33-14-6-10-24(33)19-36)32(41)26-16-25(42-3)12-13-27(26)34(31(32)40)18-22-8-5-9-23(15-22)35-29(39)17-30(35)43-21(2)37/h4-5,7-9,12-13,15-16,20,24,30,36,41H,6,10-11,14,17-19H2,1-3H3/b7-4+/t20-,24-,30?,32+/m0/s1. The number of aliphatic hydroxyl groups is 2. The van der Waals surface area contributed by atoms with Crippen LogP contribution >= 0.6 is 0 Å². The second-order valence-corrected chi connectivity index (χ2v) is 11.2. The van der Waals surface area contributed by atoms with E-state index in [-0.39, 0.29) is 43.8 Å². The number of carbonyl (C=O) groups is 4. The summed E-state index contributed by atoms with van der Waals surface area (Å²) in [6.45, 7) is 3.66. The highest BCUT2D eigenvalue weighted by molar-refractivity contribution is 6.07. The van der Waals surface area contributed by atoms with Crippen molar-refractivity contribution in [3.63, 3.8) is 0 Å². The van der Waals surface area contributed by atoms with Gasteiger partial charge in [0.05, 0.1) is 38.4 Å². The quantitative estimate of drug-likeness (QED) is 0.245. The molecular weight excluding hydrogens is 554 g/mol. The van der Waals surface area contributed by atoms with Crippen molar-refractivity contribution in [1.82, 2.24) is 4.90 Å². The van der Waals surface area contributed by atoms with Gasteiger partial charge in [-0.1, -0.05) is 31.2 Å². The molecule has 5 rings (SSSR count). The maximum atomic E-state index is 14.0. The summed E-state index contributed by atoms with van der Waals surface area (Å²) in [4.78, 5) is 55.1. The fourth-order valence-corrected chi connectivity index (χ4v) is 6.16. The lowest BCUT2D eigenvalue weighted by Crippen LogP contribution is -2.54. The average molecular weight is 592 g/mol. The molecule has 4 atom stereocenters. The maximum Gasteiger partial charge on any atom is 0.304 e. The van der Waals surface area contributed by atoms with Crippen molar-refractivity contribution in [2.45, 2.75) is 63.9 Å². The summed E-state index contributed by atoms with van der Waals surface area (Å²) in [6, 6.07) is 12.0. The molecule has 11 heteroatoms. The molecule has 11 nitrogen and oxygen atoms in total. The number of hydrogen-bond acceptors (Lipinski definition) is 8. The van der Waals surface area contributed by atoms with E-state index in [0.29, 0.717) is 34.8 Å². The van der Waals surface area contributed by atoms with Crippen LogP contribution in [0.1, 0.15) is 50.7 Å². The van der Waals surface area contributed by atoms with Crippen LogP contribution in [-0.4, -0.2) is 71.3 Å². The number of rotatable bonds is 10. The highest BCUT2D eigenvalue weighted by Crippen LogP contribution is 2.47. The highest BCUT2D eigenvalue weighted by Gasteiger charge is 2.52. The summed E-state index contributed by atoms with van der Waals surface area (Å²) in [5.41, 5.74) is 0.242. The molecule has 2 fully saturated rings. The van der Waals surface area contributed by atoms with Gasteiger partial charge in [0, 0.05) is 37.1 Å². The van der Waals surface area contributed by atoms with Crippen LogP contribution in [0.3, 0.4) is 0 Å². The zero-order valence-corrected chi connectivity index (χ0v) is 24.6. The van der Waals surface area contributed by atoms with Gasteiger partial charge in [-0.3, -0.25) is 24.1 Å². The van der Waals surface area contributed by atoms with Crippen LogP contribution in [0, 0.1) is 5.92 Å². The van der Waals surface area contributed by atoms with Gasteiger partial charge in [-0.05, 0) is 48.7 Å². The Bertz CT molecular complexity index is 1460. The molecule has 2 aromatic carbocycles. The van der Waals surface area contributed by atoms with Crippen molar-refractivity contribution >= 4 is 35.1 Å². The van der Waals surface area contributed by atoms with Gasteiger partial charge in [0.2, 0.25) is 11.8 Å². The number of aliphatic hydroxyl groups excluding tert-OH is 1. The summed E-state index contributed by atoms with van der Waals surface area (Å²) in [7, 11) is 1.51. The van der Waals surface area contributed by atoms with Crippen LogP contribution in [0.15, 0.2) is 54.6 Å². The van der Waals surface area contributed by atoms with Crippen LogP contribution in [0.2, 0.25) is 0 Å². The van der Waals surface area contributed by atoms with Crippen molar-refractivity contribution in [1.29, 1.82) is 0 Å². The molecule has 0 aliphatic carbocycles. The summed E-state index contributed by atoms with van der Waals surface area (Å²) in [5.74, 6) is -1.50. The molecule has 43 heavy (non-hydrogen) atoms. The van der Waals surface area contributed by atoms with E-state index in [1.54, 1.807) is 60.4 Å². The van der Waals surface area contributed by atoms with E-state index in [1.165, 1.54) is 23.8 Å². The number of carbonyl (C=O) groups excluding carboxylic acids is 4. The van der Waals surface area contributed by atoms with E-state index in [9.17, 15) is 29.4 Å². The van der Waals surface area contributed by atoms with E-state index >= 15 is 0 Å². The minimum Gasteiger partial charge on any atom is -0.497 e. The first-order chi connectivity index (χ1) is 20.6. The smallest absolute Gasteiger partial charge is 0.304 e. The number of nitrogens with zero attached hydrogens (tertiary/aromatic N) is 3. The number of ether oxygens (including phenoxy) is 2. The van der Waals surface area contributed by atoms with Crippen molar-refractivity contribution in [2.75, 3.05) is 30.1 Å². The lowest BCUT2D eigenvalue weighted by molar-refractivity contribution is -0.154. The predicted molar refractivity (Wildman–Crippen MR) is 157 cm³/mol. The fourth-order valence-electron chi connectivity index (χ4n) is 6.16. The SMILES string of the molecule is COc1ccc2c(c1)[C@](O)([C@@H](C)/C=C/CC(=O)N1CCC[C@H]1CO)C(=O)N2Cc1cccc(N2C(=O)CC2OC(C)=O)c1. The molecule has 3 aliphatic heterocycles. The van der Waals surface area contributed by atoms with Crippen molar-refractivity contribution in [2.24, 2.45) is 5.92 Å². The molecule has 0 saturated carbocycles. The molecule has 2 saturated heterocycles. The second kappa shape index (κ2) is 12.2. The number of likely N-dealkylation sites (tertiary alicyclic amines) is 1. The molecule has 1 unspecified atom stereocenters. The summed E-state index contributed by atoms with van der Waals surface area (Å²) in [5, 5.41) is 21.6. The van der Waals surface area contributed by atoms with Crippen molar-refractivity contribution < 1.29 is 38.9 Å². The van der Waals surface area contributed by atoms with E-state index in [4.69, 9.17) is 9.47 Å². The van der Waals surface area contributed by atoms with Gasteiger partial charge < -0.3 is 29.5 Å². The van der Waals surface area contributed by atoms with Gasteiger partial charge in [0.25, 0.3) is 5.91 Å². The third-order valence-electron chi connectivity index (χ3n) is 8.50. The molecule has 0 aromatic heterocycles. The Morgan fingerprint density at radius 3 is 2.67 bits per heavy atom. The first-order valence-corrected chi connectivity index (χ1v) is 14.5. The number of hydrogen-bond donors (Lipinski definition) is 2. The predicted octanol–water partition coefficient (Wildman–Crippen LogP) is 2.62. The number of β-lactam (4-membered cyclic amide) rings is 1. The molecule has 228 valence electrons. The molecule has 3 heterocycles. The number of methoxy groups -OCH3 is 1. The fraction of sp³-hybridized carbons (Fsp3) is 0.438. The maximum absolute atomic E-state index is 14.0. The Kier molecular flexibility index (Phi) is 8.57. The van der Waals surface area contributed by atoms with Crippen LogP contribution in [-0.2, 0) is 36.1 Å². The molecule has 2 N–H and O–H groups in total. The first-order valence-electron chi connectivity index (χ1n) is 14.5. The Morgan fingerprint density at radius 1 is 1.19 bits per heavy atom. The number of anilines is 2. The average Bonchev–Trinajstić information content (AvgIpc) is 3.54. The molecule has 3 amide bonds. The van der Waals surface area contributed by atoms with Gasteiger partial charge in [-0.2, -0.15) is 0 Å². The first kappa shape index (κ1) is 30.2. The van der Waals surface area contributed by atoms with Gasteiger partial charge in [-0.25, -0.2) is 0 Å². The molecule has 2 aromatic rings. The van der Waals surface area contributed by atoms with E-state index in [1.807, 2.05) is 6.07 Å². The largest absolute Gasteiger partial charge is 0.497 e. The number of fused-ring (bicyclic) bond motifs is 1. The van der Waals surface area contributed by atoms with Crippen LogP contribution in [0.4, 0.5) is 11.4 Å². The van der Waals surface area contributed by atoms with Crippen LogP contribution in [0.5, 0.6) is 5.75 Å². The van der Waals surface area contributed by atoms with E-state index in [2.05, 4.69) is 0 Å². The lowest BCUT2D eigenvalue weighted by Gasteiger charge is -2.39. The molecule has 0 radical (unpaired) electrons. The molecular formula is C32H37N3O8. The zero-order valence-electron chi connectivity index (χ0n) is 24.6. The van der Waals surface area contributed by atoms with Gasteiger partial charge in [-0.15, -0.1) is 0 Å². The lowest BCUT2D eigenvalue weighted by atomic mass is 9.83. The molecule has 3 aliphatic rings. The monoisotopic (exact) mass is 591 g/mol. The van der Waals surface area contributed by atoms with Crippen molar-refractivity contribution in [3.8, 4) is 5.75 Å². The summed E-state index contributed by atoms with van der Waals surface area (Å²) >= 11 is 0. The normalized spacial score (nSPS) is 23.9. The Morgan fingerprint density at radius 2 is 1.98 bits per heavy atom. The van der Waals surface area contributed by atoms with Gasteiger partial charge >= 0.3 is 5.97 Å². The molecule has 0 spiro atoms. The second-order valence-electron chi connectivity index (χ2n) is 11.2. The van der Waals surface area contributed by atoms with Gasteiger partial charge in [0.15, 0.2) is 11.8 Å². The Labute approximate surface area is 250 Å². The Balaban J connectivity index is 1.38. The van der Waals surface area contributed by atoms with Gasteiger partial charge in [0.1, 0.15) is 5.75 Å². The molecule has 0 bridgehead atoms. The summed E-state index contributed by atoms with van der Waals surface area (Å²) in [6.07, 6.45) is 4.49. The van der Waals surface area contributed by atoms with Crippen LogP contribution < -0.4 is 14.5 Å². The third-order valence-corrected chi connectivity index (χ3v) is 8.50. The number of benzene rings is 2. The van der Waals surface area contributed by atoms with Crippen molar-refractivity contribution in [3.05, 3.63) is 65.7 Å². The minimum absolute atomic E-state index is 0.0709. The topological polar surface area (TPSA) is 137 Å². The summed E-state index contributed by atoms with van der Waals surface area (Å²) < 4.78 is 10.6. The minimum atomic E-state index is -1.92. The third kappa shape index (κ3) is 5.62. The van der Waals surface area contributed by atoms with E-state index in [0.717, 1.165) is 12.8 Å². The zero-order chi connectivity index (χ0) is 30.9. The number of esters is 1. The Hall–Kier alpha value is -4.22. The number of amides is 3. The van der Waals surface area contributed by atoms with E-state index < -0.39 is 29.6 Å².